The van der Waals surface area contributed by atoms with Gasteiger partial charge in [0.15, 0.2) is 0 Å². The number of carbonyl (C=O) groups is 1. The Kier molecular flexibility index (Phi) is 3.50. The number of rotatable bonds is 4. The van der Waals surface area contributed by atoms with E-state index in [1.165, 1.54) is 12.1 Å². The average Bonchev–Trinajstić information content (AvgIpc) is 2.19. The van der Waals surface area contributed by atoms with Gasteiger partial charge in [-0.1, -0.05) is 0 Å². The van der Waals surface area contributed by atoms with Gasteiger partial charge in [0, 0.05) is 12.2 Å². The van der Waals surface area contributed by atoms with Gasteiger partial charge in [-0.3, -0.25) is 0 Å². The minimum atomic E-state index is -0.937. The Labute approximate surface area is 81.8 Å². The molecule has 0 aliphatic carbocycles. The summed E-state index contributed by atoms with van der Waals surface area (Å²) < 4.78 is 0. The summed E-state index contributed by atoms with van der Waals surface area (Å²) >= 11 is 0. The third-order valence-corrected chi connectivity index (χ3v) is 1.70. The second-order valence-electron chi connectivity index (χ2n) is 2.72. The molecule has 0 aliphatic heterocycles. The molecule has 0 unspecified atom stereocenters. The van der Waals surface area contributed by atoms with E-state index in [1.807, 2.05) is 6.07 Å². The molecule has 1 rings (SSSR count). The molecule has 0 saturated heterocycles. The minimum absolute atomic E-state index is 0.260. The van der Waals surface area contributed by atoms with Gasteiger partial charge in [0.1, 0.15) is 0 Å². The van der Waals surface area contributed by atoms with E-state index in [0.717, 1.165) is 5.69 Å². The third kappa shape index (κ3) is 2.79. The molecular formula is C10H10N2O2. The highest BCUT2D eigenvalue weighted by Gasteiger charge is 2.00. The predicted octanol–water partition coefficient (Wildman–Crippen LogP) is 1.71. The zero-order valence-electron chi connectivity index (χ0n) is 7.53. The molecule has 0 bridgehead atoms. The number of benzene rings is 1. The van der Waals surface area contributed by atoms with Crippen LogP contribution in [0, 0.1) is 11.3 Å². The first-order valence-corrected chi connectivity index (χ1v) is 4.18. The molecule has 0 atom stereocenters. The van der Waals surface area contributed by atoms with Crippen molar-refractivity contribution >= 4 is 11.7 Å². The first-order valence-electron chi connectivity index (χ1n) is 4.18. The standard InChI is InChI=1S/C10H10N2O2/c11-6-1-7-12-9-4-2-8(3-5-9)10(13)14/h2-5,12H,1,7H2,(H,13,14). The molecule has 0 spiro atoms. The molecule has 1 aromatic rings. The Balaban J connectivity index is 2.56. The summed E-state index contributed by atoms with van der Waals surface area (Å²) in [6.07, 6.45) is 0.431. The lowest BCUT2D eigenvalue weighted by atomic mass is 10.2. The summed E-state index contributed by atoms with van der Waals surface area (Å²) in [7, 11) is 0. The van der Waals surface area contributed by atoms with Crippen LogP contribution < -0.4 is 5.32 Å². The maximum atomic E-state index is 10.5. The Morgan fingerprint density at radius 1 is 1.43 bits per heavy atom. The maximum absolute atomic E-state index is 10.5. The normalized spacial score (nSPS) is 9.07. The number of carboxylic acid groups (broad SMARTS) is 1. The molecule has 0 aromatic heterocycles. The summed E-state index contributed by atoms with van der Waals surface area (Å²) in [4.78, 5) is 10.5. The molecular weight excluding hydrogens is 180 g/mol. The van der Waals surface area contributed by atoms with Crippen LogP contribution >= 0.6 is 0 Å². The van der Waals surface area contributed by atoms with E-state index < -0.39 is 5.97 Å². The van der Waals surface area contributed by atoms with Crippen LogP contribution in [0.15, 0.2) is 24.3 Å². The second kappa shape index (κ2) is 4.87. The first-order chi connectivity index (χ1) is 6.74. The number of nitriles is 1. The second-order valence-corrected chi connectivity index (χ2v) is 2.72. The van der Waals surface area contributed by atoms with Crippen LogP contribution in [-0.4, -0.2) is 17.6 Å². The monoisotopic (exact) mass is 190 g/mol. The van der Waals surface area contributed by atoms with Gasteiger partial charge in [0.2, 0.25) is 0 Å². The van der Waals surface area contributed by atoms with Crippen LogP contribution in [0.5, 0.6) is 0 Å². The van der Waals surface area contributed by atoms with E-state index in [-0.39, 0.29) is 5.56 Å². The van der Waals surface area contributed by atoms with Crippen molar-refractivity contribution in [2.75, 3.05) is 11.9 Å². The molecule has 0 radical (unpaired) electrons. The summed E-state index contributed by atoms with van der Waals surface area (Å²) in [5.74, 6) is -0.937. The van der Waals surface area contributed by atoms with Crippen molar-refractivity contribution < 1.29 is 9.90 Å². The van der Waals surface area contributed by atoms with Gasteiger partial charge in [0.25, 0.3) is 0 Å². The molecule has 4 heteroatoms. The Bertz CT molecular complexity index is 351. The molecule has 1 aromatic carbocycles. The molecule has 0 heterocycles. The molecule has 0 amide bonds. The lowest BCUT2D eigenvalue weighted by Crippen LogP contribution is -2.01. The van der Waals surface area contributed by atoms with E-state index in [4.69, 9.17) is 10.4 Å². The summed E-state index contributed by atoms with van der Waals surface area (Å²) in [5, 5.41) is 19.9. The fraction of sp³-hybridized carbons (Fsp3) is 0.200. The quantitative estimate of drug-likeness (QED) is 0.709. The molecule has 4 nitrogen and oxygen atoms in total. The number of anilines is 1. The SMILES string of the molecule is N#CCCNc1ccc(C(=O)O)cc1. The highest BCUT2D eigenvalue weighted by atomic mass is 16.4. The number of nitrogens with zero attached hydrogens (tertiary/aromatic N) is 1. The average molecular weight is 190 g/mol. The van der Waals surface area contributed by atoms with Crippen molar-refractivity contribution in [3.8, 4) is 6.07 Å². The fourth-order valence-corrected chi connectivity index (χ4v) is 0.993. The molecule has 2 N–H and O–H groups in total. The first kappa shape index (κ1) is 10.1. The van der Waals surface area contributed by atoms with Crippen LogP contribution in [0.4, 0.5) is 5.69 Å². The summed E-state index contributed by atoms with van der Waals surface area (Å²) in [6.45, 7) is 0.572. The van der Waals surface area contributed by atoms with Crippen molar-refractivity contribution in [1.82, 2.24) is 0 Å². The zero-order valence-corrected chi connectivity index (χ0v) is 7.53. The van der Waals surface area contributed by atoms with Crippen molar-refractivity contribution in [3.63, 3.8) is 0 Å². The Morgan fingerprint density at radius 2 is 2.07 bits per heavy atom. The molecule has 0 fully saturated rings. The molecule has 0 saturated carbocycles. The van der Waals surface area contributed by atoms with Crippen molar-refractivity contribution in [2.24, 2.45) is 0 Å². The zero-order chi connectivity index (χ0) is 10.4. The van der Waals surface area contributed by atoms with E-state index in [2.05, 4.69) is 5.32 Å². The lowest BCUT2D eigenvalue weighted by molar-refractivity contribution is 0.0697. The highest BCUT2D eigenvalue weighted by Crippen LogP contribution is 2.09. The summed E-state index contributed by atoms with van der Waals surface area (Å²) in [6, 6.07) is 8.42. The minimum Gasteiger partial charge on any atom is -0.478 e. The number of carboxylic acids is 1. The molecule has 14 heavy (non-hydrogen) atoms. The van der Waals surface area contributed by atoms with Crippen LogP contribution in [0.25, 0.3) is 0 Å². The van der Waals surface area contributed by atoms with Crippen molar-refractivity contribution in [2.45, 2.75) is 6.42 Å². The van der Waals surface area contributed by atoms with E-state index >= 15 is 0 Å². The van der Waals surface area contributed by atoms with E-state index in [1.54, 1.807) is 12.1 Å². The van der Waals surface area contributed by atoms with Gasteiger partial charge in [-0.25, -0.2) is 4.79 Å². The summed E-state index contributed by atoms with van der Waals surface area (Å²) in [5.41, 5.74) is 1.08. The van der Waals surface area contributed by atoms with Crippen LogP contribution in [0.3, 0.4) is 0 Å². The van der Waals surface area contributed by atoms with Gasteiger partial charge < -0.3 is 10.4 Å². The van der Waals surface area contributed by atoms with Crippen molar-refractivity contribution in [1.29, 1.82) is 5.26 Å². The Hall–Kier alpha value is -2.02. The van der Waals surface area contributed by atoms with Crippen molar-refractivity contribution in [3.05, 3.63) is 29.8 Å². The van der Waals surface area contributed by atoms with Crippen LogP contribution in [0.2, 0.25) is 0 Å². The van der Waals surface area contributed by atoms with Crippen LogP contribution in [0.1, 0.15) is 16.8 Å². The van der Waals surface area contributed by atoms with E-state index in [9.17, 15) is 4.79 Å². The van der Waals surface area contributed by atoms with E-state index in [0.29, 0.717) is 13.0 Å². The maximum Gasteiger partial charge on any atom is 0.335 e. The molecule has 72 valence electrons. The predicted molar refractivity (Wildman–Crippen MR) is 52.1 cm³/mol. The van der Waals surface area contributed by atoms with Gasteiger partial charge in [-0.2, -0.15) is 5.26 Å². The number of hydrogen-bond donors (Lipinski definition) is 2. The smallest absolute Gasteiger partial charge is 0.335 e. The number of hydrogen-bond acceptors (Lipinski definition) is 3. The molecule has 0 aliphatic rings. The largest absolute Gasteiger partial charge is 0.478 e. The fourth-order valence-electron chi connectivity index (χ4n) is 0.993. The van der Waals surface area contributed by atoms with Gasteiger partial charge >= 0.3 is 5.97 Å². The number of aromatic carboxylic acids is 1. The third-order valence-electron chi connectivity index (χ3n) is 1.70. The topological polar surface area (TPSA) is 73.1 Å². The van der Waals surface area contributed by atoms with Gasteiger partial charge in [-0.05, 0) is 24.3 Å². The number of nitrogens with one attached hydrogen (secondary N) is 1. The Morgan fingerprint density at radius 3 is 2.57 bits per heavy atom. The highest BCUT2D eigenvalue weighted by molar-refractivity contribution is 5.87. The lowest BCUT2D eigenvalue weighted by Gasteiger charge is -2.03. The van der Waals surface area contributed by atoms with Gasteiger partial charge in [-0.15, -0.1) is 0 Å². The van der Waals surface area contributed by atoms with Crippen LogP contribution in [-0.2, 0) is 0 Å². The van der Waals surface area contributed by atoms with Gasteiger partial charge in [0.05, 0.1) is 18.1 Å².